The van der Waals surface area contributed by atoms with E-state index >= 15 is 0 Å². The van der Waals surface area contributed by atoms with Crippen LogP contribution >= 0.6 is 0 Å². The molecule has 29 heteroatoms. The quantitative estimate of drug-likeness (QED) is 0.0392. The summed E-state index contributed by atoms with van der Waals surface area (Å²) in [7, 11) is 0. The standard InChI is InChI=1S/C43H64N10O18.Re/c54-33(46-15-9-8-11-29(41(67)68)47-43(71)48-30(42(69)70)13-14-36(57)58)12-7-5-3-1-2-4-6-10-18-49(21-31-44-16-19-50(31)23-34(55)52(25-37(59)60)26-38(61)62)22-32-45-17-20-51(32)24-35(56)53(27-39(63)64)28-40(65)66;/h16-17,19-20,29-30H,1-15,18,21-28H2,(H,46,54)(H,57,58)(H,59,60)(H,61,62)(H,63,64)(H,65,66)(H,67,68)(H,69,70)(H2,47,48,71);/t29-,30-;/m0./s1. The van der Waals surface area contributed by atoms with Crippen molar-refractivity contribution in [3.63, 3.8) is 0 Å². The van der Waals surface area contributed by atoms with E-state index in [1.54, 1.807) is 0 Å². The number of rotatable bonds is 39. The van der Waals surface area contributed by atoms with Crippen molar-refractivity contribution in [3.05, 3.63) is 36.4 Å². The molecule has 1 radical (unpaired) electrons. The van der Waals surface area contributed by atoms with E-state index in [-0.39, 0.29) is 58.8 Å². The van der Waals surface area contributed by atoms with E-state index in [9.17, 15) is 83.4 Å². The first-order valence-corrected chi connectivity index (χ1v) is 22.8. The third-order valence-corrected chi connectivity index (χ3v) is 10.7. The van der Waals surface area contributed by atoms with Gasteiger partial charge in [0.1, 0.15) is 63.0 Å². The third-order valence-electron chi connectivity index (χ3n) is 10.7. The first-order chi connectivity index (χ1) is 33.6. The first kappa shape index (κ1) is 63.0. The Morgan fingerprint density at radius 1 is 0.514 bits per heavy atom. The number of hydrogen-bond acceptors (Lipinski definition) is 14. The molecule has 0 bridgehead atoms. The molecule has 0 aromatic carbocycles. The van der Waals surface area contributed by atoms with Crippen molar-refractivity contribution >= 4 is 65.5 Å². The van der Waals surface area contributed by atoms with Gasteiger partial charge in [0, 0.05) is 64.6 Å². The molecule has 2 rings (SSSR count). The maximum atomic E-state index is 13.0. The minimum absolute atomic E-state index is 0. The van der Waals surface area contributed by atoms with Gasteiger partial charge in [-0.1, -0.05) is 38.5 Å². The Labute approximate surface area is 426 Å². The number of imidazole rings is 2. The smallest absolute Gasteiger partial charge is 0.326 e. The summed E-state index contributed by atoms with van der Waals surface area (Å²) in [5.41, 5.74) is 0. The van der Waals surface area contributed by atoms with Crippen LogP contribution in [0.2, 0.25) is 0 Å². The number of urea groups is 1. The second-order valence-corrected chi connectivity index (χ2v) is 16.5. The van der Waals surface area contributed by atoms with Crippen molar-refractivity contribution in [1.82, 2.24) is 49.8 Å². The normalized spacial score (nSPS) is 11.6. The van der Waals surface area contributed by atoms with Crippen molar-refractivity contribution in [2.45, 2.75) is 128 Å². The number of nitrogens with zero attached hydrogens (tertiary/aromatic N) is 7. The fourth-order valence-corrected chi connectivity index (χ4v) is 7.11. The zero-order valence-corrected chi connectivity index (χ0v) is 42.3. The Balaban J connectivity index is 0.0000259. The van der Waals surface area contributed by atoms with Crippen LogP contribution < -0.4 is 16.0 Å². The topological polar surface area (TPSA) is 411 Å². The predicted octanol–water partition coefficient (Wildman–Crippen LogP) is -0.0573. The molecule has 0 saturated heterocycles. The van der Waals surface area contributed by atoms with Gasteiger partial charge in [-0.25, -0.2) is 24.4 Å². The number of carboxylic acids is 7. The van der Waals surface area contributed by atoms with Gasteiger partial charge in [0.2, 0.25) is 17.7 Å². The molecule has 2 heterocycles. The zero-order chi connectivity index (χ0) is 52.9. The molecular weight excluding hydrogens is 1130 g/mol. The van der Waals surface area contributed by atoms with Gasteiger partial charge in [0.25, 0.3) is 0 Å². The van der Waals surface area contributed by atoms with Crippen LogP contribution in [0.15, 0.2) is 24.8 Å². The van der Waals surface area contributed by atoms with Gasteiger partial charge in [-0.05, 0) is 45.1 Å². The molecule has 2 atom stereocenters. The van der Waals surface area contributed by atoms with Gasteiger partial charge >= 0.3 is 47.8 Å². The van der Waals surface area contributed by atoms with Gasteiger partial charge in [0.05, 0.1) is 13.1 Å². The minimum Gasteiger partial charge on any atom is -0.481 e. The van der Waals surface area contributed by atoms with Crippen molar-refractivity contribution < 1.29 is 109 Å². The molecule has 72 heavy (non-hydrogen) atoms. The Kier molecular flexibility index (Phi) is 30.1. The third kappa shape index (κ3) is 26.8. The number of carbonyl (C=O) groups is 11. The molecule has 0 aliphatic rings. The molecule has 0 unspecified atom stereocenters. The second-order valence-electron chi connectivity index (χ2n) is 16.5. The van der Waals surface area contributed by atoms with Gasteiger partial charge in [-0.3, -0.25) is 43.3 Å². The van der Waals surface area contributed by atoms with Crippen molar-refractivity contribution in [2.75, 3.05) is 39.3 Å². The van der Waals surface area contributed by atoms with Gasteiger partial charge in [-0.2, -0.15) is 0 Å². The number of unbranched alkanes of at least 4 members (excludes halogenated alkanes) is 8. The first-order valence-electron chi connectivity index (χ1n) is 22.8. The van der Waals surface area contributed by atoms with Crippen LogP contribution in [-0.4, -0.2) is 186 Å². The summed E-state index contributed by atoms with van der Waals surface area (Å²) in [5.74, 6) is -10.6. The molecule has 28 nitrogen and oxygen atoms in total. The summed E-state index contributed by atoms with van der Waals surface area (Å²) in [5, 5.41) is 71.3. The average Bonchev–Trinajstić information content (AvgIpc) is 3.91. The summed E-state index contributed by atoms with van der Waals surface area (Å²) in [6.45, 7) is -3.07. The van der Waals surface area contributed by atoms with Crippen LogP contribution in [-0.2, 0) is 94.5 Å². The maximum Gasteiger partial charge on any atom is 0.326 e. The van der Waals surface area contributed by atoms with Crippen LogP contribution in [0.5, 0.6) is 0 Å². The average molecular weight is 1200 g/mol. The molecule has 0 aliphatic carbocycles. The van der Waals surface area contributed by atoms with Crippen LogP contribution in [0.25, 0.3) is 0 Å². The molecule has 0 fully saturated rings. The number of aliphatic carboxylic acids is 7. The number of carbonyl (C=O) groups excluding carboxylic acids is 4. The molecule has 2 aromatic rings. The summed E-state index contributed by atoms with van der Waals surface area (Å²) >= 11 is 0. The fourth-order valence-electron chi connectivity index (χ4n) is 7.11. The van der Waals surface area contributed by atoms with Crippen molar-refractivity contribution in [3.8, 4) is 0 Å². The van der Waals surface area contributed by atoms with E-state index < -0.39 is 117 Å². The molecule has 401 valence electrons. The van der Waals surface area contributed by atoms with Crippen LogP contribution in [0, 0.1) is 0 Å². The SMILES string of the molecule is O=C(O)CC[C@H](NC(=O)N[C@@H](CCCCNC(=O)CCCCCCCCCCN(Cc1nccn1CC(=O)N(CC(=O)O)CC(=O)O)Cc1nccn1CC(=O)N(CC(=O)O)CC(=O)O)C(=O)O)C(=O)O.[Re]. The van der Waals surface area contributed by atoms with E-state index in [1.165, 1.54) is 33.9 Å². The minimum atomic E-state index is -1.52. The Morgan fingerprint density at radius 3 is 1.35 bits per heavy atom. The molecule has 0 aliphatic heterocycles. The molecule has 0 saturated carbocycles. The number of nitrogens with one attached hydrogen (secondary N) is 3. The van der Waals surface area contributed by atoms with E-state index in [2.05, 4.69) is 25.9 Å². The zero-order valence-electron chi connectivity index (χ0n) is 39.6. The Morgan fingerprint density at radius 2 is 0.931 bits per heavy atom. The number of amides is 5. The summed E-state index contributed by atoms with van der Waals surface area (Å²) in [6.07, 6.45) is 12.5. The fraction of sp³-hybridized carbons (Fsp3) is 0.605. The Bertz CT molecular complexity index is 2010. The monoisotopic (exact) mass is 1200 g/mol. The van der Waals surface area contributed by atoms with E-state index in [0.29, 0.717) is 60.1 Å². The molecular formula is C43H64N10O18Re. The van der Waals surface area contributed by atoms with E-state index in [0.717, 1.165) is 38.5 Å². The molecule has 2 aromatic heterocycles. The number of aromatic nitrogens is 4. The molecule has 10 N–H and O–H groups in total. The van der Waals surface area contributed by atoms with Gasteiger partial charge in [-0.15, -0.1) is 0 Å². The largest absolute Gasteiger partial charge is 0.481 e. The predicted molar refractivity (Wildman–Crippen MR) is 242 cm³/mol. The number of carboxylic acid groups (broad SMARTS) is 7. The molecule has 0 spiro atoms. The van der Waals surface area contributed by atoms with E-state index in [1.807, 2.05) is 4.90 Å². The van der Waals surface area contributed by atoms with Gasteiger partial charge in [0.15, 0.2) is 0 Å². The maximum absolute atomic E-state index is 13.0. The van der Waals surface area contributed by atoms with Crippen LogP contribution in [0.1, 0.15) is 102 Å². The van der Waals surface area contributed by atoms with Crippen molar-refractivity contribution in [1.29, 1.82) is 0 Å². The van der Waals surface area contributed by atoms with Gasteiger partial charge < -0.3 is 70.6 Å². The second kappa shape index (κ2) is 34.4. The van der Waals surface area contributed by atoms with Crippen LogP contribution in [0.3, 0.4) is 0 Å². The summed E-state index contributed by atoms with van der Waals surface area (Å²) in [4.78, 5) is 142. The Hall–Kier alpha value is -6.99. The molecule has 5 amide bonds. The number of hydrogen-bond donors (Lipinski definition) is 10. The van der Waals surface area contributed by atoms with Crippen LogP contribution in [0.4, 0.5) is 4.79 Å². The summed E-state index contributed by atoms with van der Waals surface area (Å²) in [6, 6.07) is -3.92. The van der Waals surface area contributed by atoms with E-state index in [4.69, 9.17) is 5.11 Å². The summed E-state index contributed by atoms with van der Waals surface area (Å²) < 4.78 is 2.93. The van der Waals surface area contributed by atoms with Crippen molar-refractivity contribution in [2.24, 2.45) is 0 Å².